The Balaban J connectivity index is 2.20. The summed E-state index contributed by atoms with van der Waals surface area (Å²) in [5.74, 6) is 1.78. The first-order valence-electron chi connectivity index (χ1n) is 7.16. The molecule has 1 fully saturated rings. The lowest BCUT2D eigenvalue weighted by molar-refractivity contribution is 0.113. The van der Waals surface area contributed by atoms with Crippen molar-refractivity contribution in [1.82, 2.24) is 19.8 Å². The summed E-state index contributed by atoms with van der Waals surface area (Å²) in [7, 11) is 7.94. The third kappa shape index (κ3) is 4.24. The largest absolute Gasteiger partial charge is 0.378 e. The lowest BCUT2D eigenvalue weighted by Crippen LogP contribution is -2.51. The molecule has 1 N–H and O–H groups in total. The number of piperazine rings is 1. The van der Waals surface area contributed by atoms with Crippen molar-refractivity contribution in [2.45, 2.75) is 19.1 Å². The number of hydrogen-bond acceptors (Lipinski definition) is 6. The Morgan fingerprint density at radius 2 is 2.10 bits per heavy atom. The van der Waals surface area contributed by atoms with Crippen molar-refractivity contribution < 1.29 is 4.74 Å². The number of rotatable bonds is 5. The maximum Gasteiger partial charge on any atom is 0.143 e. The van der Waals surface area contributed by atoms with Crippen LogP contribution in [-0.4, -0.2) is 73.7 Å². The normalized spacial score (nSPS) is 20.7. The van der Waals surface area contributed by atoms with Gasteiger partial charge in [0, 0.05) is 46.3 Å². The average Bonchev–Trinajstić information content (AvgIpc) is 2.46. The smallest absolute Gasteiger partial charge is 0.143 e. The number of ether oxygens (including phenoxy) is 1. The first-order chi connectivity index (χ1) is 10.0. The molecule has 1 unspecified atom stereocenters. The van der Waals surface area contributed by atoms with E-state index in [1.807, 2.05) is 7.05 Å². The first-order valence-corrected chi connectivity index (χ1v) is 8.23. The van der Waals surface area contributed by atoms with Crippen LogP contribution in [0.4, 0.5) is 5.82 Å². The summed E-state index contributed by atoms with van der Waals surface area (Å²) in [5, 5.41) is 3.15. The Bertz CT molecular complexity index is 485. The molecule has 1 aromatic heterocycles. The van der Waals surface area contributed by atoms with Gasteiger partial charge in [-0.05, 0) is 36.7 Å². The molecule has 6 nitrogen and oxygen atoms in total. The van der Waals surface area contributed by atoms with E-state index in [0.717, 1.165) is 47.0 Å². The van der Waals surface area contributed by atoms with E-state index in [1.165, 1.54) is 0 Å². The monoisotopic (exact) mass is 405 g/mol. The predicted molar refractivity (Wildman–Crippen MR) is 92.6 cm³/mol. The molecule has 0 radical (unpaired) electrons. The number of hydrogen-bond donors (Lipinski definition) is 1. The van der Waals surface area contributed by atoms with E-state index in [2.05, 4.69) is 56.8 Å². The average molecular weight is 405 g/mol. The minimum atomic E-state index is 0.462. The van der Waals surface area contributed by atoms with Crippen molar-refractivity contribution in [1.29, 1.82) is 0 Å². The number of nitrogens with zero attached hydrogens (tertiary/aromatic N) is 4. The number of nitrogens with one attached hydrogen (secondary N) is 1. The van der Waals surface area contributed by atoms with E-state index in [1.54, 1.807) is 7.11 Å². The molecule has 2 rings (SSSR count). The zero-order valence-corrected chi connectivity index (χ0v) is 15.3. The van der Waals surface area contributed by atoms with Crippen LogP contribution >= 0.6 is 22.6 Å². The maximum absolute atomic E-state index is 5.25. The molecule has 2 heterocycles. The van der Waals surface area contributed by atoms with E-state index < -0.39 is 0 Å². The van der Waals surface area contributed by atoms with Crippen molar-refractivity contribution in [2.75, 3.05) is 53.2 Å². The summed E-state index contributed by atoms with van der Waals surface area (Å²) in [4.78, 5) is 14.1. The summed E-state index contributed by atoms with van der Waals surface area (Å²) in [6.45, 7) is 3.79. The van der Waals surface area contributed by atoms with Gasteiger partial charge in [0.25, 0.3) is 0 Å². The van der Waals surface area contributed by atoms with Crippen LogP contribution in [0.3, 0.4) is 0 Å². The molecule has 118 valence electrons. The third-order valence-corrected chi connectivity index (χ3v) is 5.02. The summed E-state index contributed by atoms with van der Waals surface area (Å²) in [6.07, 6.45) is 0.864. The van der Waals surface area contributed by atoms with Crippen molar-refractivity contribution >= 4 is 28.4 Å². The highest BCUT2D eigenvalue weighted by atomic mass is 127. The van der Waals surface area contributed by atoms with Gasteiger partial charge in [-0.3, -0.25) is 0 Å². The molecule has 1 aromatic rings. The summed E-state index contributed by atoms with van der Waals surface area (Å²) in [6, 6.07) is 0.462. The number of anilines is 1. The molecule has 0 aromatic carbocycles. The zero-order valence-electron chi connectivity index (χ0n) is 13.2. The molecular weight excluding hydrogens is 381 g/mol. The maximum atomic E-state index is 5.25. The summed E-state index contributed by atoms with van der Waals surface area (Å²) in [5.41, 5.74) is 0.958. The van der Waals surface area contributed by atoms with E-state index in [4.69, 9.17) is 9.72 Å². The second-order valence-corrected chi connectivity index (χ2v) is 6.61. The first kappa shape index (κ1) is 16.9. The fourth-order valence-corrected chi connectivity index (χ4v) is 3.23. The summed E-state index contributed by atoms with van der Waals surface area (Å²) >= 11 is 2.27. The fourth-order valence-electron chi connectivity index (χ4n) is 2.57. The van der Waals surface area contributed by atoms with Crippen LogP contribution in [0.25, 0.3) is 0 Å². The minimum Gasteiger partial charge on any atom is -0.378 e. The van der Waals surface area contributed by atoms with Crippen LogP contribution in [0, 0.1) is 3.57 Å². The van der Waals surface area contributed by atoms with E-state index in [0.29, 0.717) is 12.6 Å². The predicted octanol–water partition coefficient (Wildman–Crippen LogP) is 1.06. The van der Waals surface area contributed by atoms with Gasteiger partial charge in [0.05, 0.1) is 15.9 Å². The highest BCUT2D eigenvalue weighted by Gasteiger charge is 2.24. The lowest BCUT2D eigenvalue weighted by atomic mass is 10.1. The molecular formula is C14H24IN5O. The van der Waals surface area contributed by atoms with Gasteiger partial charge in [-0.25, -0.2) is 9.97 Å². The van der Waals surface area contributed by atoms with Crippen LogP contribution in [0.1, 0.15) is 11.5 Å². The highest BCUT2D eigenvalue weighted by molar-refractivity contribution is 14.1. The minimum absolute atomic E-state index is 0.462. The SMILES string of the molecule is CNc1nc(CC2CN(C)CCN2C)nc(COC)c1I. The molecule has 1 atom stereocenters. The van der Waals surface area contributed by atoms with E-state index in [-0.39, 0.29) is 0 Å². The molecule has 0 aliphatic carbocycles. The Labute approximate surface area is 140 Å². The lowest BCUT2D eigenvalue weighted by Gasteiger charge is -2.37. The number of likely N-dealkylation sites (N-methyl/N-ethyl adjacent to an activating group) is 2. The highest BCUT2D eigenvalue weighted by Crippen LogP contribution is 2.21. The van der Waals surface area contributed by atoms with Crippen molar-refractivity contribution in [3.8, 4) is 0 Å². The van der Waals surface area contributed by atoms with Gasteiger partial charge >= 0.3 is 0 Å². The molecule has 1 aliphatic heterocycles. The van der Waals surface area contributed by atoms with Crippen LogP contribution in [-0.2, 0) is 17.8 Å². The zero-order chi connectivity index (χ0) is 15.4. The second kappa shape index (κ2) is 7.66. The molecule has 7 heteroatoms. The molecule has 0 bridgehead atoms. The van der Waals surface area contributed by atoms with Crippen molar-refractivity contribution in [3.05, 3.63) is 15.1 Å². The van der Waals surface area contributed by atoms with Crippen LogP contribution in [0.5, 0.6) is 0 Å². The summed E-state index contributed by atoms with van der Waals surface area (Å²) < 4.78 is 6.29. The Morgan fingerprint density at radius 1 is 1.33 bits per heavy atom. The third-order valence-electron chi connectivity index (χ3n) is 3.88. The van der Waals surface area contributed by atoms with E-state index >= 15 is 0 Å². The van der Waals surface area contributed by atoms with Gasteiger partial charge < -0.3 is 19.9 Å². The number of aromatic nitrogens is 2. The molecule has 0 amide bonds. The molecule has 0 spiro atoms. The second-order valence-electron chi connectivity index (χ2n) is 5.53. The van der Waals surface area contributed by atoms with E-state index in [9.17, 15) is 0 Å². The van der Waals surface area contributed by atoms with Gasteiger partial charge in [-0.15, -0.1) is 0 Å². The van der Waals surface area contributed by atoms with Crippen LogP contribution < -0.4 is 5.32 Å². The fraction of sp³-hybridized carbons (Fsp3) is 0.714. The van der Waals surface area contributed by atoms with Crippen LogP contribution in [0.2, 0.25) is 0 Å². The van der Waals surface area contributed by atoms with Gasteiger partial charge in [-0.1, -0.05) is 0 Å². The standard InChI is InChI=1S/C14H24IN5O/c1-16-14-13(15)11(9-21-4)17-12(18-14)7-10-8-19(2)5-6-20(10)3/h10H,5-9H2,1-4H3,(H,16,17,18). The quantitative estimate of drug-likeness (QED) is 0.740. The Kier molecular flexibility index (Phi) is 6.15. The van der Waals surface area contributed by atoms with Crippen molar-refractivity contribution in [2.24, 2.45) is 0 Å². The number of methoxy groups -OCH3 is 1. The number of halogens is 1. The van der Waals surface area contributed by atoms with Gasteiger partial charge in [0.15, 0.2) is 0 Å². The molecule has 1 aliphatic rings. The Hall–Kier alpha value is -0.510. The van der Waals surface area contributed by atoms with Crippen LogP contribution in [0.15, 0.2) is 0 Å². The van der Waals surface area contributed by atoms with Gasteiger partial charge in [-0.2, -0.15) is 0 Å². The molecule has 21 heavy (non-hydrogen) atoms. The Morgan fingerprint density at radius 3 is 2.76 bits per heavy atom. The molecule has 1 saturated heterocycles. The van der Waals surface area contributed by atoms with Crippen molar-refractivity contribution in [3.63, 3.8) is 0 Å². The molecule has 0 saturated carbocycles. The topological polar surface area (TPSA) is 53.5 Å². The van der Waals surface area contributed by atoms with Gasteiger partial charge in [0.2, 0.25) is 0 Å². The van der Waals surface area contributed by atoms with Gasteiger partial charge in [0.1, 0.15) is 11.6 Å².